The Morgan fingerprint density at radius 1 is 0.895 bits per heavy atom. The Balaban J connectivity index is 2.05. The standard InChI is InChI=1S/C28H31Cl2N3O4S/c1-3-17-31-28(35)25(18-21-11-6-4-7-12-21)32(19-22-13-8-5-9-14-22)26(34)20-33(38(2,36)37)24-16-10-15-23(29)27(24)30/h4-16,25H,3,17-20H2,1-2H3,(H,31,35). The number of sulfonamides is 1. The molecule has 10 heteroatoms. The van der Waals surface area contributed by atoms with Crippen molar-refractivity contribution in [2.24, 2.45) is 0 Å². The third-order valence-corrected chi connectivity index (χ3v) is 7.83. The average molecular weight is 577 g/mol. The Labute approximate surface area is 234 Å². The maximum Gasteiger partial charge on any atom is 0.244 e. The Morgan fingerprint density at radius 3 is 2.08 bits per heavy atom. The number of benzene rings is 3. The molecule has 0 bridgehead atoms. The molecule has 2 amide bonds. The van der Waals surface area contributed by atoms with Crippen LogP contribution in [0.4, 0.5) is 5.69 Å². The van der Waals surface area contributed by atoms with Gasteiger partial charge in [0.2, 0.25) is 21.8 Å². The van der Waals surface area contributed by atoms with Crippen LogP contribution in [0.5, 0.6) is 0 Å². The minimum atomic E-state index is -3.94. The summed E-state index contributed by atoms with van der Waals surface area (Å²) in [6, 6.07) is 22.3. The van der Waals surface area contributed by atoms with E-state index >= 15 is 0 Å². The number of nitrogens with one attached hydrogen (secondary N) is 1. The highest BCUT2D eigenvalue weighted by atomic mass is 35.5. The molecular formula is C28H31Cl2N3O4S. The smallest absolute Gasteiger partial charge is 0.244 e. The van der Waals surface area contributed by atoms with Gasteiger partial charge in [-0.2, -0.15) is 0 Å². The van der Waals surface area contributed by atoms with Crippen LogP contribution < -0.4 is 9.62 Å². The van der Waals surface area contributed by atoms with E-state index in [0.29, 0.717) is 6.54 Å². The molecule has 3 aromatic carbocycles. The predicted octanol–water partition coefficient (Wildman–Crippen LogP) is 4.93. The molecule has 3 aromatic rings. The van der Waals surface area contributed by atoms with Gasteiger partial charge in [-0.1, -0.05) is 96.9 Å². The van der Waals surface area contributed by atoms with Crippen LogP contribution in [0.2, 0.25) is 10.0 Å². The third kappa shape index (κ3) is 7.96. The van der Waals surface area contributed by atoms with Crippen LogP contribution in [0, 0.1) is 0 Å². The molecule has 1 atom stereocenters. The van der Waals surface area contributed by atoms with Gasteiger partial charge in [0.05, 0.1) is 22.0 Å². The second-order valence-corrected chi connectivity index (χ2v) is 11.5. The zero-order valence-corrected chi connectivity index (χ0v) is 23.6. The zero-order chi connectivity index (χ0) is 27.7. The first-order chi connectivity index (χ1) is 18.1. The summed E-state index contributed by atoms with van der Waals surface area (Å²) in [6.07, 6.45) is 1.98. The van der Waals surface area contributed by atoms with Crippen molar-refractivity contribution in [1.82, 2.24) is 10.2 Å². The highest BCUT2D eigenvalue weighted by Gasteiger charge is 2.33. The maximum absolute atomic E-state index is 13.9. The van der Waals surface area contributed by atoms with Crippen LogP contribution in [-0.2, 0) is 32.6 Å². The monoisotopic (exact) mass is 575 g/mol. The summed E-state index contributed by atoms with van der Waals surface area (Å²) in [5.74, 6) is -0.866. The van der Waals surface area contributed by atoms with Crippen molar-refractivity contribution in [2.45, 2.75) is 32.4 Å². The maximum atomic E-state index is 13.9. The van der Waals surface area contributed by atoms with Crippen LogP contribution in [0.1, 0.15) is 24.5 Å². The van der Waals surface area contributed by atoms with Crippen LogP contribution in [-0.4, -0.2) is 50.5 Å². The fourth-order valence-corrected chi connectivity index (χ4v) is 5.28. The van der Waals surface area contributed by atoms with Gasteiger partial charge >= 0.3 is 0 Å². The molecule has 0 aliphatic rings. The van der Waals surface area contributed by atoms with Crippen molar-refractivity contribution in [3.05, 3.63) is 100 Å². The quantitative estimate of drug-likeness (QED) is 0.332. The number of carbonyl (C=O) groups is 2. The molecular weight excluding hydrogens is 545 g/mol. The van der Waals surface area contributed by atoms with Crippen molar-refractivity contribution in [1.29, 1.82) is 0 Å². The van der Waals surface area contributed by atoms with Crippen molar-refractivity contribution < 1.29 is 18.0 Å². The van der Waals surface area contributed by atoms with Crippen LogP contribution in [0.3, 0.4) is 0 Å². The molecule has 1 N–H and O–H groups in total. The van der Waals surface area contributed by atoms with E-state index in [4.69, 9.17) is 23.2 Å². The highest BCUT2D eigenvalue weighted by molar-refractivity contribution is 7.92. The molecule has 202 valence electrons. The van der Waals surface area contributed by atoms with E-state index in [2.05, 4.69) is 5.32 Å². The minimum Gasteiger partial charge on any atom is -0.354 e. The van der Waals surface area contributed by atoms with E-state index in [1.165, 1.54) is 17.0 Å². The Kier molecular flexibility index (Phi) is 10.6. The molecule has 0 saturated carbocycles. The van der Waals surface area contributed by atoms with E-state index in [1.807, 2.05) is 67.6 Å². The van der Waals surface area contributed by atoms with Gasteiger partial charge in [0.25, 0.3) is 0 Å². The number of anilines is 1. The summed E-state index contributed by atoms with van der Waals surface area (Å²) < 4.78 is 26.6. The minimum absolute atomic E-state index is 0.0172. The van der Waals surface area contributed by atoms with E-state index in [-0.39, 0.29) is 34.6 Å². The Hall–Kier alpha value is -3.07. The van der Waals surface area contributed by atoms with E-state index in [9.17, 15) is 18.0 Å². The van der Waals surface area contributed by atoms with Gasteiger partial charge in [0, 0.05) is 19.5 Å². The van der Waals surface area contributed by atoms with Crippen molar-refractivity contribution in [2.75, 3.05) is 23.7 Å². The van der Waals surface area contributed by atoms with Gasteiger partial charge in [-0.25, -0.2) is 8.42 Å². The Morgan fingerprint density at radius 2 is 1.50 bits per heavy atom. The van der Waals surface area contributed by atoms with Gasteiger partial charge < -0.3 is 10.2 Å². The summed E-state index contributed by atoms with van der Waals surface area (Å²) >= 11 is 12.5. The molecule has 0 radical (unpaired) electrons. The van der Waals surface area contributed by atoms with Gasteiger partial charge in [-0.15, -0.1) is 0 Å². The summed E-state index contributed by atoms with van der Waals surface area (Å²) in [6.45, 7) is 1.94. The average Bonchev–Trinajstić information content (AvgIpc) is 2.90. The second kappa shape index (κ2) is 13.6. The van der Waals surface area contributed by atoms with Crippen molar-refractivity contribution in [3.63, 3.8) is 0 Å². The molecule has 0 aliphatic carbocycles. The number of amides is 2. The number of nitrogens with zero attached hydrogens (tertiary/aromatic N) is 2. The molecule has 0 spiro atoms. The van der Waals surface area contributed by atoms with E-state index < -0.39 is 28.5 Å². The van der Waals surface area contributed by atoms with Crippen LogP contribution in [0.15, 0.2) is 78.9 Å². The summed E-state index contributed by atoms with van der Waals surface area (Å²) in [5.41, 5.74) is 1.76. The first kappa shape index (κ1) is 29.5. The third-order valence-electron chi connectivity index (χ3n) is 5.90. The summed E-state index contributed by atoms with van der Waals surface area (Å²) in [4.78, 5) is 28.8. The molecule has 7 nitrogen and oxygen atoms in total. The largest absolute Gasteiger partial charge is 0.354 e. The summed E-state index contributed by atoms with van der Waals surface area (Å²) in [7, 11) is -3.94. The number of hydrogen-bond acceptors (Lipinski definition) is 4. The molecule has 0 aromatic heterocycles. The Bertz CT molecular complexity index is 1340. The highest BCUT2D eigenvalue weighted by Crippen LogP contribution is 2.33. The number of carbonyl (C=O) groups excluding carboxylic acids is 2. The normalized spacial score (nSPS) is 12.0. The van der Waals surface area contributed by atoms with Crippen LogP contribution >= 0.6 is 23.2 Å². The van der Waals surface area contributed by atoms with Gasteiger partial charge in [-0.05, 0) is 29.7 Å². The topological polar surface area (TPSA) is 86.8 Å². The van der Waals surface area contributed by atoms with E-state index in [0.717, 1.165) is 28.1 Å². The van der Waals surface area contributed by atoms with E-state index in [1.54, 1.807) is 6.07 Å². The van der Waals surface area contributed by atoms with Crippen LogP contribution in [0.25, 0.3) is 0 Å². The lowest BCUT2D eigenvalue weighted by Crippen LogP contribution is -2.53. The summed E-state index contributed by atoms with van der Waals surface area (Å²) in [5, 5.41) is 3.08. The molecule has 38 heavy (non-hydrogen) atoms. The first-order valence-electron chi connectivity index (χ1n) is 12.2. The fraction of sp³-hybridized carbons (Fsp3) is 0.286. The van der Waals surface area contributed by atoms with Gasteiger partial charge in [-0.3, -0.25) is 13.9 Å². The number of halogens is 2. The lowest BCUT2D eigenvalue weighted by molar-refractivity contribution is -0.140. The first-order valence-corrected chi connectivity index (χ1v) is 14.8. The second-order valence-electron chi connectivity index (χ2n) is 8.85. The SMILES string of the molecule is CCCNC(=O)C(Cc1ccccc1)N(Cc1ccccc1)C(=O)CN(c1cccc(Cl)c1Cl)S(C)(=O)=O. The molecule has 3 rings (SSSR count). The molecule has 0 fully saturated rings. The van der Waals surface area contributed by atoms with Gasteiger partial charge in [0.15, 0.2) is 0 Å². The fourth-order valence-electron chi connectivity index (χ4n) is 3.98. The van der Waals surface area contributed by atoms with Crippen molar-refractivity contribution in [3.8, 4) is 0 Å². The molecule has 0 saturated heterocycles. The number of rotatable bonds is 12. The predicted molar refractivity (Wildman–Crippen MR) is 153 cm³/mol. The molecule has 1 unspecified atom stereocenters. The molecule has 0 heterocycles. The lowest BCUT2D eigenvalue weighted by Gasteiger charge is -2.33. The lowest BCUT2D eigenvalue weighted by atomic mass is 10.0. The number of hydrogen-bond donors (Lipinski definition) is 1. The molecule has 0 aliphatic heterocycles. The van der Waals surface area contributed by atoms with Crippen molar-refractivity contribution >= 4 is 50.7 Å². The van der Waals surface area contributed by atoms with Gasteiger partial charge in [0.1, 0.15) is 12.6 Å². The zero-order valence-electron chi connectivity index (χ0n) is 21.3.